The molecule has 0 aliphatic heterocycles. The third kappa shape index (κ3) is 6.42. The number of esters is 1. The summed E-state index contributed by atoms with van der Waals surface area (Å²) in [5.74, 6) is -0.654. The largest absolute Gasteiger partial charge is 0.456 e. The predicted molar refractivity (Wildman–Crippen MR) is 98.1 cm³/mol. The molecule has 4 heteroatoms. The van der Waals surface area contributed by atoms with Gasteiger partial charge in [0.25, 0.3) is 5.91 Å². The average Bonchev–Trinajstić information content (AvgIpc) is 2.65. The molecule has 0 radical (unpaired) electrons. The number of nitrogens with one attached hydrogen (secondary N) is 1. The fraction of sp³-hybridized carbons (Fsp3) is 0.333. The molecule has 0 aromatic heterocycles. The first kappa shape index (κ1) is 18.7. The van der Waals surface area contributed by atoms with E-state index in [4.69, 9.17) is 4.74 Å². The first-order valence-corrected chi connectivity index (χ1v) is 8.66. The molecule has 1 amide bonds. The topological polar surface area (TPSA) is 55.4 Å². The van der Waals surface area contributed by atoms with Gasteiger partial charge in [-0.15, -0.1) is 0 Å². The Balaban J connectivity index is 1.71. The van der Waals surface area contributed by atoms with Gasteiger partial charge in [-0.1, -0.05) is 61.5 Å². The maximum atomic E-state index is 11.9. The van der Waals surface area contributed by atoms with Crippen LogP contribution in [0.2, 0.25) is 0 Å². The normalized spacial score (nSPS) is 11.6. The molecule has 0 spiro atoms. The van der Waals surface area contributed by atoms with Crippen molar-refractivity contribution in [3.8, 4) is 0 Å². The molecule has 2 aromatic rings. The maximum Gasteiger partial charge on any atom is 0.306 e. The van der Waals surface area contributed by atoms with E-state index in [1.807, 2.05) is 49.4 Å². The molecule has 0 saturated carbocycles. The van der Waals surface area contributed by atoms with E-state index < -0.39 is 0 Å². The van der Waals surface area contributed by atoms with Crippen LogP contribution in [0, 0.1) is 0 Å². The van der Waals surface area contributed by atoms with Crippen molar-refractivity contribution < 1.29 is 14.3 Å². The van der Waals surface area contributed by atoms with Gasteiger partial charge in [-0.2, -0.15) is 0 Å². The predicted octanol–water partition coefficient (Wildman–Crippen LogP) is 3.60. The molecule has 25 heavy (non-hydrogen) atoms. The van der Waals surface area contributed by atoms with E-state index in [1.54, 1.807) is 0 Å². The summed E-state index contributed by atoms with van der Waals surface area (Å²) in [4.78, 5) is 23.7. The Bertz CT molecular complexity index is 680. The quantitative estimate of drug-likeness (QED) is 0.748. The molecular weight excluding hydrogens is 314 g/mol. The zero-order valence-corrected chi connectivity index (χ0v) is 14.8. The van der Waals surface area contributed by atoms with Crippen LogP contribution < -0.4 is 5.32 Å². The molecule has 0 saturated heterocycles. The molecule has 0 unspecified atom stereocenters. The number of carbonyl (C=O) groups is 2. The minimum Gasteiger partial charge on any atom is -0.456 e. The van der Waals surface area contributed by atoms with E-state index in [-0.39, 0.29) is 30.9 Å². The van der Waals surface area contributed by atoms with Crippen LogP contribution in [-0.4, -0.2) is 18.5 Å². The summed E-state index contributed by atoms with van der Waals surface area (Å²) in [6.45, 7) is 3.77. The van der Waals surface area contributed by atoms with Crippen LogP contribution in [0.1, 0.15) is 43.0 Å². The summed E-state index contributed by atoms with van der Waals surface area (Å²) in [5, 5.41) is 2.85. The zero-order valence-electron chi connectivity index (χ0n) is 14.8. The summed E-state index contributed by atoms with van der Waals surface area (Å²) < 4.78 is 5.05. The van der Waals surface area contributed by atoms with Crippen molar-refractivity contribution in [3.05, 3.63) is 71.3 Å². The highest BCUT2D eigenvalue weighted by Crippen LogP contribution is 2.13. The second-order valence-electron chi connectivity index (χ2n) is 6.03. The third-order valence-electron chi connectivity index (χ3n) is 4.09. The molecule has 1 atom stereocenters. The summed E-state index contributed by atoms with van der Waals surface area (Å²) in [6, 6.07) is 17.7. The van der Waals surface area contributed by atoms with Crippen molar-refractivity contribution >= 4 is 11.9 Å². The van der Waals surface area contributed by atoms with E-state index in [9.17, 15) is 9.59 Å². The Morgan fingerprint density at radius 1 is 1.00 bits per heavy atom. The Labute approximate surface area is 149 Å². The molecule has 0 bridgehead atoms. The molecule has 132 valence electrons. The van der Waals surface area contributed by atoms with Crippen molar-refractivity contribution in [1.29, 1.82) is 0 Å². The van der Waals surface area contributed by atoms with E-state index in [2.05, 4.69) is 24.4 Å². The molecule has 0 fully saturated rings. The number of rotatable bonds is 8. The number of hydrogen-bond acceptors (Lipinski definition) is 3. The molecule has 1 N–H and O–H groups in total. The van der Waals surface area contributed by atoms with Crippen molar-refractivity contribution in [2.45, 2.75) is 39.2 Å². The highest BCUT2D eigenvalue weighted by Gasteiger charge is 2.12. The Kier molecular flexibility index (Phi) is 7.20. The summed E-state index contributed by atoms with van der Waals surface area (Å²) in [7, 11) is 0. The number of aryl methyl sites for hydroxylation is 2. The van der Waals surface area contributed by atoms with Gasteiger partial charge in [-0.05, 0) is 36.5 Å². The summed E-state index contributed by atoms with van der Waals surface area (Å²) in [5.41, 5.74) is 3.36. The van der Waals surface area contributed by atoms with Gasteiger partial charge in [-0.3, -0.25) is 9.59 Å². The average molecular weight is 339 g/mol. The van der Waals surface area contributed by atoms with Crippen LogP contribution in [0.4, 0.5) is 0 Å². The summed E-state index contributed by atoms with van der Waals surface area (Å²) >= 11 is 0. The second-order valence-corrected chi connectivity index (χ2v) is 6.03. The third-order valence-corrected chi connectivity index (χ3v) is 4.09. The number of ether oxygens (including phenoxy) is 1. The first-order chi connectivity index (χ1) is 12.1. The van der Waals surface area contributed by atoms with Crippen molar-refractivity contribution in [3.63, 3.8) is 0 Å². The highest BCUT2D eigenvalue weighted by atomic mass is 16.5. The van der Waals surface area contributed by atoms with Gasteiger partial charge < -0.3 is 10.1 Å². The lowest BCUT2D eigenvalue weighted by atomic mass is 10.1. The lowest BCUT2D eigenvalue weighted by molar-refractivity contribution is -0.148. The Morgan fingerprint density at radius 3 is 2.32 bits per heavy atom. The molecule has 0 aliphatic carbocycles. The zero-order chi connectivity index (χ0) is 18.1. The SMILES string of the molecule is CCc1ccc([C@@H](C)NC(=O)COC(=O)CCc2ccccc2)cc1. The van der Waals surface area contributed by atoms with Gasteiger partial charge >= 0.3 is 5.97 Å². The van der Waals surface area contributed by atoms with E-state index in [0.29, 0.717) is 6.42 Å². The minimum atomic E-state index is -0.362. The smallest absolute Gasteiger partial charge is 0.306 e. The summed E-state index contributed by atoms with van der Waals surface area (Å²) in [6.07, 6.45) is 1.87. The second kappa shape index (κ2) is 9.62. The fourth-order valence-electron chi connectivity index (χ4n) is 2.52. The van der Waals surface area contributed by atoms with Gasteiger partial charge in [0.15, 0.2) is 6.61 Å². The number of hydrogen-bond donors (Lipinski definition) is 1. The van der Waals surface area contributed by atoms with Gasteiger partial charge in [0, 0.05) is 6.42 Å². The Morgan fingerprint density at radius 2 is 1.68 bits per heavy atom. The van der Waals surface area contributed by atoms with Crippen molar-refractivity contribution in [1.82, 2.24) is 5.32 Å². The van der Waals surface area contributed by atoms with E-state index in [1.165, 1.54) is 5.56 Å². The monoisotopic (exact) mass is 339 g/mol. The Hall–Kier alpha value is -2.62. The standard InChI is InChI=1S/C21H25NO3/c1-3-17-9-12-19(13-10-17)16(2)22-20(23)15-25-21(24)14-11-18-7-5-4-6-8-18/h4-10,12-13,16H,3,11,14-15H2,1-2H3,(H,22,23)/t16-/m1/s1. The minimum absolute atomic E-state index is 0.124. The van der Waals surface area contributed by atoms with Crippen LogP contribution in [0.15, 0.2) is 54.6 Å². The molecule has 0 heterocycles. The van der Waals surface area contributed by atoms with Crippen LogP contribution in [0.25, 0.3) is 0 Å². The van der Waals surface area contributed by atoms with Crippen LogP contribution in [0.3, 0.4) is 0 Å². The van der Waals surface area contributed by atoms with Gasteiger partial charge in [0.05, 0.1) is 6.04 Å². The maximum absolute atomic E-state index is 11.9. The van der Waals surface area contributed by atoms with Gasteiger partial charge in [0.1, 0.15) is 0 Å². The molecule has 2 rings (SSSR count). The molecule has 2 aromatic carbocycles. The van der Waals surface area contributed by atoms with Crippen molar-refractivity contribution in [2.24, 2.45) is 0 Å². The lowest BCUT2D eigenvalue weighted by Crippen LogP contribution is -2.31. The number of carbonyl (C=O) groups excluding carboxylic acids is 2. The van der Waals surface area contributed by atoms with Crippen LogP contribution >= 0.6 is 0 Å². The number of amides is 1. The van der Waals surface area contributed by atoms with Gasteiger partial charge in [0.2, 0.25) is 0 Å². The van der Waals surface area contributed by atoms with Crippen LogP contribution in [0.5, 0.6) is 0 Å². The van der Waals surface area contributed by atoms with Gasteiger partial charge in [-0.25, -0.2) is 0 Å². The lowest BCUT2D eigenvalue weighted by Gasteiger charge is -2.15. The highest BCUT2D eigenvalue weighted by molar-refractivity contribution is 5.80. The van der Waals surface area contributed by atoms with Crippen LogP contribution in [-0.2, 0) is 27.2 Å². The van der Waals surface area contributed by atoms with Crippen molar-refractivity contribution in [2.75, 3.05) is 6.61 Å². The molecule has 0 aliphatic rings. The fourth-order valence-corrected chi connectivity index (χ4v) is 2.52. The van der Waals surface area contributed by atoms with E-state index >= 15 is 0 Å². The number of benzene rings is 2. The molecular formula is C21H25NO3. The molecule has 4 nitrogen and oxygen atoms in total. The van der Waals surface area contributed by atoms with E-state index in [0.717, 1.165) is 17.5 Å². The first-order valence-electron chi connectivity index (χ1n) is 8.66.